The second-order valence-electron chi connectivity index (χ2n) is 9.38. The Kier molecular flexibility index (Phi) is 9.77. The third kappa shape index (κ3) is 8.08. The van der Waals surface area contributed by atoms with Crippen molar-refractivity contribution in [1.29, 1.82) is 0 Å². The third-order valence-electron chi connectivity index (χ3n) is 6.34. The minimum Gasteiger partial charge on any atom is -0.348 e. The molecule has 0 saturated carbocycles. The summed E-state index contributed by atoms with van der Waals surface area (Å²) in [4.78, 5) is 33.5. The first kappa shape index (κ1) is 28.7. The number of hydrogen-bond acceptors (Lipinski definition) is 5. The average molecular weight is 557 g/mol. The molecule has 4 rings (SSSR count). The average Bonchev–Trinajstić information content (AvgIpc) is 2.97. The summed E-state index contributed by atoms with van der Waals surface area (Å²) in [6.45, 7) is -0.0943. The van der Waals surface area contributed by atoms with Crippen LogP contribution in [0.1, 0.15) is 28.4 Å². The SMILES string of the molecule is CS(=O)(=O)N(CC(=O)N(Cc1ccccc1)C(C(=O)NCc1ccccn1)c1ccccc1)Cc1ccccc1. The predicted octanol–water partition coefficient (Wildman–Crippen LogP) is 3.93. The summed E-state index contributed by atoms with van der Waals surface area (Å²) in [6.07, 6.45) is 2.73. The molecule has 1 atom stereocenters. The summed E-state index contributed by atoms with van der Waals surface area (Å²) < 4.78 is 26.6. The summed E-state index contributed by atoms with van der Waals surface area (Å²) in [5.41, 5.74) is 2.85. The van der Waals surface area contributed by atoms with Crippen LogP contribution in [-0.4, -0.2) is 47.2 Å². The van der Waals surface area contributed by atoms with E-state index in [0.717, 1.165) is 21.7 Å². The van der Waals surface area contributed by atoms with Crippen LogP contribution in [0.5, 0.6) is 0 Å². The molecule has 0 bridgehead atoms. The number of sulfonamides is 1. The van der Waals surface area contributed by atoms with E-state index in [1.807, 2.05) is 72.8 Å². The summed E-state index contributed by atoms with van der Waals surface area (Å²) in [5.74, 6) is -0.887. The number of carbonyl (C=O) groups is 2. The lowest BCUT2D eigenvalue weighted by molar-refractivity contribution is -0.141. The molecule has 0 aliphatic heterocycles. The smallest absolute Gasteiger partial charge is 0.247 e. The normalized spacial score (nSPS) is 12.1. The van der Waals surface area contributed by atoms with Crippen LogP contribution in [0.2, 0.25) is 0 Å². The highest BCUT2D eigenvalue weighted by atomic mass is 32.2. The molecule has 1 N–H and O–H groups in total. The molecule has 0 aliphatic rings. The molecule has 0 saturated heterocycles. The number of nitrogens with zero attached hydrogens (tertiary/aromatic N) is 3. The monoisotopic (exact) mass is 556 g/mol. The van der Waals surface area contributed by atoms with E-state index in [4.69, 9.17) is 0 Å². The number of rotatable bonds is 12. The van der Waals surface area contributed by atoms with Gasteiger partial charge in [-0.25, -0.2) is 8.42 Å². The van der Waals surface area contributed by atoms with E-state index >= 15 is 0 Å². The van der Waals surface area contributed by atoms with Crippen molar-refractivity contribution in [3.63, 3.8) is 0 Å². The molecule has 40 heavy (non-hydrogen) atoms. The number of benzene rings is 3. The highest BCUT2D eigenvalue weighted by Gasteiger charge is 2.33. The van der Waals surface area contributed by atoms with Gasteiger partial charge in [0, 0.05) is 19.3 Å². The van der Waals surface area contributed by atoms with E-state index in [9.17, 15) is 18.0 Å². The molecule has 1 aromatic heterocycles. The summed E-state index contributed by atoms with van der Waals surface area (Å²) in [6, 6.07) is 31.8. The van der Waals surface area contributed by atoms with E-state index in [1.54, 1.807) is 42.6 Å². The number of aromatic nitrogens is 1. The fraction of sp³-hybridized carbons (Fsp3) is 0.194. The van der Waals surface area contributed by atoms with Crippen molar-refractivity contribution in [2.45, 2.75) is 25.7 Å². The van der Waals surface area contributed by atoms with Gasteiger partial charge < -0.3 is 10.2 Å². The molecule has 4 aromatic rings. The molecule has 9 heteroatoms. The highest BCUT2D eigenvalue weighted by molar-refractivity contribution is 7.88. The lowest BCUT2D eigenvalue weighted by atomic mass is 10.0. The third-order valence-corrected chi connectivity index (χ3v) is 7.54. The maximum absolute atomic E-state index is 14.0. The summed E-state index contributed by atoms with van der Waals surface area (Å²) in [7, 11) is -3.74. The number of carbonyl (C=O) groups excluding carboxylic acids is 2. The Bertz CT molecular complexity index is 1490. The van der Waals surface area contributed by atoms with E-state index in [2.05, 4.69) is 10.3 Å². The van der Waals surface area contributed by atoms with Crippen LogP contribution in [0, 0.1) is 0 Å². The quantitative estimate of drug-likeness (QED) is 0.285. The minimum atomic E-state index is -3.74. The first-order valence-electron chi connectivity index (χ1n) is 12.9. The Morgan fingerprint density at radius 1 is 0.775 bits per heavy atom. The van der Waals surface area contributed by atoms with Crippen LogP contribution in [0.25, 0.3) is 0 Å². The van der Waals surface area contributed by atoms with Gasteiger partial charge in [0.25, 0.3) is 0 Å². The van der Waals surface area contributed by atoms with Crippen LogP contribution >= 0.6 is 0 Å². The van der Waals surface area contributed by atoms with Crippen molar-refractivity contribution < 1.29 is 18.0 Å². The fourth-order valence-corrected chi connectivity index (χ4v) is 5.04. The Balaban J connectivity index is 1.68. The standard InChI is InChI=1S/C31H32N4O4S/c1-40(38,39)34(22-25-13-5-2-6-14-25)24-29(36)35(23-26-15-7-3-8-16-26)30(27-17-9-4-10-18-27)31(37)33-21-28-19-11-12-20-32-28/h2-20,30H,21-24H2,1H3,(H,33,37). The molecule has 1 heterocycles. The molecule has 0 fully saturated rings. The molecule has 8 nitrogen and oxygen atoms in total. The van der Waals surface area contributed by atoms with Crippen molar-refractivity contribution >= 4 is 21.8 Å². The maximum Gasteiger partial charge on any atom is 0.247 e. The number of amides is 2. The van der Waals surface area contributed by atoms with Crippen LogP contribution in [0.3, 0.4) is 0 Å². The minimum absolute atomic E-state index is 0.0342. The molecular formula is C31H32N4O4S. The molecule has 0 aliphatic carbocycles. The van der Waals surface area contributed by atoms with Gasteiger partial charge in [0.15, 0.2) is 0 Å². The zero-order valence-corrected chi connectivity index (χ0v) is 23.1. The molecule has 206 valence electrons. The van der Waals surface area contributed by atoms with Crippen LogP contribution in [0.15, 0.2) is 115 Å². The van der Waals surface area contributed by atoms with Gasteiger partial charge in [0.05, 0.1) is 25.0 Å². The van der Waals surface area contributed by atoms with Crippen molar-refractivity contribution in [1.82, 2.24) is 19.5 Å². The van der Waals surface area contributed by atoms with Crippen molar-refractivity contribution in [3.05, 3.63) is 138 Å². The Labute approximate surface area is 235 Å². The van der Waals surface area contributed by atoms with Crippen LogP contribution < -0.4 is 5.32 Å². The topological polar surface area (TPSA) is 99.7 Å². The molecule has 0 spiro atoms. The van der Waals surface area contributed by atoms with Gasteiger partial charge in [-0.05, 0) is 28.8 Å². The Morgan fingerprint density at radius 3 is 1.88 bits per heavy atom. The Hall–Kier alpha value is -4.34. The second kappa shape index (κ2) is 13.6. The van der Waals surface area contributed by atoms with Crippen molar-refractivity contribution in [3.8, 4) is 0 Å². The zero-order valence-electron chi connectivity index (χ0n) is 22.3. The predicted molar refractivity (Wildman–Crippen MR) is 154 cm³/mol. The van der Waals surface area contributed by atoms with Gasteiger partial charge in [0.1, 0.15) is 6.04 Å². The molecular weight excluding hydrogens is 524 g/mol. The Morgan fingerprint density at radius 2 is 1.32 bits per heavy atom. The molecule has 0 radical (unpaired) electrons. The molecule has 3 aromatic carbocycles. The van der Waals surface area contributed by atoms with Crippen LogP contribution in [-0.2, 0) is 39.2 Å². The van der Waals surface area contributed by atoms with Gasteiger partial charge in [0.2, 0.25) is 21.8 Å². The van der Waals surface area contributed by atoms with Crippen molar-refractivity contribution in [2.24, 2.45) is 0 Å². The van der Waals surface area contributed by atoms with E-state index in [1.165, 1.54) is 4.90 Å². The van der Waals surface area contributed by atoms with E-state index < -0.39 is 34.4 Å². The maximum atomic E-state index is 14.0. The van der Waals surface area contributed by atoms with Crippen molar-refractivity contribution in [2.75, 3.05) is 12.8 Å². The zero-order chi connectivity index (χ0) is 28.4. The largest absolute Gasteiger partial charge is 0.348 e. The number of pyridine rings is 1. The van der Waals surface area contributed by atoms with Crippen LogP contribution in [0.4, 0.5) is 0 Å². The summed E-state index contributed by atoms with van der Waals surface area (Å²) in [5, 5.41) is 2.91. The first-order chi connectivity index (χ1) is 19.3. The molecule has 2 amide bonds. The van der Waals surface area contributed by atoms with Gasteiger partial charge in [-0.15, -0.1) is 0 Å². The van der Waals surface area contributed by atoms with Gasteiger partial charge in [-0.2, -0.15) is 4.31 Å². The lowest BCUT2D eigenvalue weighted by Gasteiger charge is -2.33. The van der Waals surface area contributed by atoms with E-state index in [-0.39, 0.29) is 19.6 Å². The van der Waals surface area contributed by atoms with E-state index in [0.29, 0.717) is 11.3 Å². The highest BCUT2D eigenvalue weighted by Crippen LogP contribution is 2.25. The van der Waals surface area contributed by atoms with Gasteiger partial charge >= 0.3 is 0 Å². The summed E-state index contributed by atoms with van der Waals surface area (Å²) >= 11 is 0. The number of nitrogens with one attached hydrogen (secondary N) is 1. The van der Waals surface area contributed by atoms with Gasteiger partial charge in [-0.3, -0.25) is 14.6 Å². The molecule has 1 unspecified atom stereocenters. The second-order valence-corrected chi connectivity index (χ2v) is 11.4. The first-order valence-corrected chi connectivity index (χ1v) is 14.7. The van der Waals surface area contributed by atoms with Gasteiger partial charge in [-0.1, -0.05) is 97.1 Å². The number of hydrogen-bond donors (Lipinski definition) is 1. The lowest BCUT2D eigenvalue weighted by Crippen LogP contribution is -2.47. The fourth-order valence-electron chi connectivity index (χ4n) is 4.31.